The number of nitrogens with zero attached hydrogens (tertiary/aromatic N) is 1. The van der Waals surface area contributed by atoms with Crippen molar-refractivity contribution in [2.75, 3.05) is 19.7 Å². The first-order valence-corrected chi connectivity index (χ1v) is 9.86. The third-order valence-corrected chi connectivity index (χ3v) is 5.93. The van der Waals surface area contributed by atoms with Gasteiger partial charge in [-0.15, -0.1) is 0 Å². The lowest BCUT2D eigenvalue weighted by Crippen LogP contribution is -2.51. The number of carbonyl (C=O) groups is 2. The summed E-state index contributed by atoms with van der Waals surface area (Å²) in [5.74, 6) is 0.607. The highest BCUT2D eigenvalue weighted by molar-refractivity contribution is 5.97. The van der Waals surface area contributed by atoms with E-state index in [2.05, 4.69) is 0 Å². The molecule has 5 heteroatoms. The second kappa shape index (κ2) is 7.76. The van der Waals surface area contributed by atoms with Crippen LogP contribution in [0.2, 0.25) is 0 Å². The number of hydrogen-bond donors (Lipinski definition) is 1. The highest BCUT2D eigenvalue weighted by Gasteiger charge is 2.40. The molecule has 1 N–H and O–H groups in total. The number of hydrogen-bond acceptors (Lipinski definition) is 4. The van der Waals surface area contributed by atoms with E-state index in [0.29, 0.717) is 25.1 Å². The summed E-state index contributed by atoms with van der Waals surface area (Å²) in [5.41, 5.74) is 2.35. The van der Waals surface area contributed by atoms with E-state index >= 15 is 0 Å². The maximum absolute atomic E-state index is 12.6. The van der Waals surface area contributed by atoms with Crippen LogP contribution in [0.15, 0.2) is 48.5 Å². The van der Waals surface area contributed by atoms with Gasteiger partial charge in [-0.25, -0.2) is 0 Å². The average molecular weight is 379 g/mol. The SMILES string of the molecule is O=C(CO)c1ccc2c(c1)OC1(CC2)CCN(C(=O)Cc2ccccc2)CC1. The number of aryl methyl sites for hydroxylation is 1. The summed E-state index contributed by atoms with van der Waals surface area (Å²) in [6.07, 6.45) is 3.86. The van der Waals surface area contributed by atoms with Crippen molar-refractivity contribution in [3.8, 4) is 5.75 Å². The van der Waals surface area contributed by atoms with Crippen LogP contribution in [-0.2, 0) is 17.6 Å². The number of Topliss-reactive ketones (excluding diaryl/α,β-unsaturated/α-hetero) is 1. The van der Waals surface area contributed by atoms with Gasteiger partial charge in [0.15, 0.2) is 5.78 Å². The van der Waals surface area contributed by atoms with Gasteiger partial charge in [-0.1, -0.05) is 42.5 Å². The molecule has 0 atom stereocenters. The molecule has 2 aromatic carbocycles. The van der Waals surface area contributed by atoms with Crippen molar-refractivity contribution in [3.63, 3.8) is 0 Å². The van der Waals surface area contributed by atoms with Crippen LogP contribution in [0.5, 0.6) is 5.75 Å². The van der Waals surface area contributed by atoms with Gasteiger partial charge in [-0.2, -0.15) is 0 Å². The first-order valence-electron chi connectivity index (χ1n) is 9.86. The van der Waals surface area contributed by atoms with E-state index in [1.165, 1.54) is 0 Å². The number of amides is 1. The average Bonchev–Trinajstić information content (AvgIpc) is 2.74. The lowest BCUT2D eigenvalue weighted by molar-refractivity contribution is -0.134. The van der Waals surface area contributed by atoms with E-state index in [1.807, 2.05) is 41.3 Å². The molecule has 1 amide bonds. The molecule has 0 aromatic heterocycles. The maximum Gasteiger partial charge on any atom is 0.226 e. The van der Waals surface area contributed by atoms with Crippen LogP contribution in [0.1, 0.15) is 40.7 Å². The number of aliphatic hydroxyl groups excluding tert-OH is 1. The molecule has 2 aliphatic heterocycles. The van der Waals surface area contributed by atoms with Crippen molar-refractivity contribution in [1.82, 2.24) is 4.90 Å². The molecule has 0 aliphatic carbocycles. The third-order valence-electron chi connectivity index (χ3n) is 5.93. The summed E-state index contributed by atoms with van der Waals surface area (Å²) in [4.78, 5) is 26.3. The van der Waals surface area contributed by atoms with E-state index in [0.717, 1.165) is 42.6 Å². The molecular formula is C23H25NO4. The highest BCUT2D eigenvalue weighted by atomic mass is 16.5. The Kier molecular flexibility index (Phi) is 5.18. The molecule has 1 spiro atoms. The van der Waals surface area contributed by atoms with Crippen LogP contribution in [0.4, 0.5) is 0 Å². The minimum Gasteiger partial charge on any atom is -0.487 e. The summed E-state index contributed by atoms with van der Waals surface area (Å²) in [5, 5.41) is 9.09. The minimum absolute atomic E-state index is 0.160. The smallest absolute Gasteiger partial charge is 0.226 e. The van der Waals surface area contributed by atoms with Crippen LogP contribution >= 0.6 is 0 Å². The predicted molar refractivity (Wildman–Crippen MR) is 105 cm³/mol. The van der Waals surface area contributed by atoms with E-state index in [1.54, 1.807) is 12.1 Å². The molecule has 0 saturated carbocycles. The number of likely N-dealkylation sites (tertiary alicyclic amines) is 1. The van der Waals surface area contributed by atoms with Crippen molar-refractivity contribution >= 4 is 11.7 Å². The Bertz CT molecular complexity index is 869. The molecule has 5 nitrogen and oxygen atoms in total. The Balaban J connectivity index is 1.40. The molecule has 0 radical (unpaired) electrons. The number of benzene rings is 2. The Morgan fingerprint density at radius 2 is 1.79 bits per heavy atom. The first kappa shape index (κ1) is 18.7. The van der Waals surface area contributed by atoms with Crippen LogP contribution in [0.25, 0.3) is 0 Å². The number of aliphatic hydroxyl groups is 1. The van der Waals surface area contributed by atoms with Crippen LogP contribution in [-0.4, -0.2) is 47.0 Å². The van der Waals surface area contributed by atoms with Crippen molar-refractivity contribution < 1.29 is 19.4 Å². The Morgan fingerprint density at radius 3 is 2.50 bits per heavy atom. The van der Waals surface area contributed by atoms with E-state index in [9.17, 15) is 9.59 Å². The van der Waals surface area contributed by atoms with Gasteiger partial charge in [0.05, 0.1) is 6.42 Å². The number of fused-ring (bicyclic) bond motifs is 1. The van der Waals surface area contributed by atoms with E-state index in [-0.39, 0.29) is 17.3 Å². The fraction of sp³-hybridized carbons (Fsp3) is 0.391. The zero-order valence-electron chi connectivity index (χ0n) is 15.9. The minimum atomic E-state index is -0.498. The lowest BCUT2D eigenvalue weighted by atomic mass is 9.82. The monoisotopic (exact) mass is 379 g/mol. The van der Waals surface area contributed by atoms with Crippen LogP contribution in [0.3, 0.4) is 0 Å². The molecule has 2 aliphatic rings. The quantitative estimate of drug-likeness (QED) is 0.830. The van der Waals surface area contributed by atoms with Crippen molar-refractivity contribution in [2.24, 2.45) is 0 Å². The molecule has 0 bridgehead atoms. The third kappa shape index (κ3) is 3.80. The fourth-order valence-corrected chi connectivity index (χ4v) is 4.17. The Hall–Kier alpha value is -2.66. The molecule has 146 valence electrons. The van der Waals surface area contributed by atoms with Crippen LogP contribution in [0, 0.1) is 0 Å². The maximum atomic E-state index is 12.6. The largest absolute Gasteiger partial charge is 0.487 e. The normalized spacial score (nSPS) is 17.7. The van der Waals surface area contributed by atoms with E-state index < -0.39 is 6.61 Å². The summed E-state index contributed by atoms with van der Waals surface area (Å²) >= 11 is 0. The Morgan fingerprint density at radius 1 is 1.04 bits per heavy atom. The molecule has 2 aromatic rings. The molecule has 28 heavy (non-hydrogen) atoms. The van der Waals surface area contributed by atoms with Gasteiger partial charge in [0.25, 0.3) is 0 Å². The Labute approximate surface area is 164 Å². The van der Waals surface area contributed by atoms with Crippen molar-refractivity contribution in [3.05, 3.63) is 65.2 Å². The fourth-order valence-electron chi connectivity index (χ4n) is 4.17. The van der Waals surface area contributed by atoms with Gasteiger partial charge in [-0.3, -0.25) is 9.59 Å². The molecule has 1 saturated heterocycles. The van der Waals surface area contributed by atoms with Gasteiger partial charge in [0.2, 0.25) is 5.91 Å². The van der Waals surface area contributed by atoms with E-state index in [4.69, 9.17) is 9.84 Å². The molecule has 1 fully saturated rings. The number of piperidine rings is 1. The van der Waals surface area contributed by atoms with Gasteiger partial charge >= 0.3 is 0 Å². The second-order valence-corrected chi connectivity index (χ2v) is 7.73. The zero-order chi connectivity index (χ0) is 19.6. The van der Waals surface area contributed by atoms with Crippen molar-refractivity contribution in [1.29, 1.82) is 0 Å². The zero-order valence-corrected chi connectivity index (χ0v) is 15.9. The molecular weight excluding hydrogens is 354 g/mol. The standard InChI is InChI=1S/C23H25NO4/c25-16-20(26)19-7-6-18-8-9-23(28-21(18)15-19)10-12-24(13-11-23)22(27)14-17-4-2-1-3-5-17/h1-7,15,25H,8-14,16H2. The van der Waals surface area contributed by atoms with Crippen LogP contribution < -0.4 is 4.74 Å². The summed E-state index contributed by atoms with van der Waals surface area (Å²) in [7, 11) is 0. The topological polar surface area (TPSA) is 66.8 Å². The summed E-state index contributed by atoms with van der Waals surface area (Å²) in [6, 6.07) is 15.3. The van der Waals surface area contributed by atoms with Crippen molar-refractivity contribution in [2.45, 2.75) is 37.7 Å². The predicted octanol–water partition coefficient (Wildman–Crippen LogP) is 2.79. The number of ether oxygens (including phenoxy) is 1. The number of ketones is 1. The molecule has 4 rings (SSSR count). The second-order valence-electron chi connectivity index (χ2n) is 7.73. The van der Waals surface area contributed by atoms with Gasteiger partial charge in [0.1, 0.15) is 18.0 Å². The summed E-state index contributed by atoms with van der Waals surface area (Å²) < 4.78 is 6.37. The molecule has 2 heterocycles. The number of carbonyl (C=O) groups excluding carboxylic acids is 2. The van der Waals surface area contributed by atoms with Gasteiger partial charge in [0, 0.05) is 31.5 Å². The first-order chi connectivity index (χ1) is 13.6. The van der Waals surface area contributed by atoms with Gasteiger partial charge < -0.3 is 14.7 Å². The summed E-state index contributed by atoms with van der Waals surface area (Å²) in [6.45, 7) is 0.884. The number of rotatable bonds is 4. The highest BCUT2D eigenvalue weighted by Crippen LogP contribution is 2.39. The molecule has 0 unspecified atom stereocenters. The lowest BCUT2D eigenvalue weighted by Gasteiger charge is -2.44. The van der Waals surface area contributed by atoms with Gasteiger partial charge in [-0.05, 0) is 30.0 Å².